The van der Waals surface area contributed by atoms with E-state index in [1.807, 2.05) is 30.0 Å². The number of carbonyl (C=O) groups excluding carboxylic acids is 1. The maximum Gasteiger partial charge on any atom is 0.272 e. The number of likely N-dealkylation sites (tertiary alicyclic amines) is 1. The summed E-state index contributed by atoms with van der Waals surface area (Å²) in [6.45, 7) is 5.52. The topological polar surface area (TPSA) is 67.4 Å². The summed E-state index contributed by atoms with van der Waals surface area (Å²) >= 11 is 0. The number of nitrogens with zero attached hydrogens (tertiary/aromatic N) is 3. The molecule has 1 aromatic heterocycles. The summed E-state index contributed by atoms with van der Waals surface area (Å²) in [5, 5.41) is 3.33. The van der Waals surface area contributed by atoms with Crippen LogP contribution in [0.15, 0.2) is 30.3 Å². The van der Waals surface area contributed by atoms with Crippen LogP contribution >= 0.6 is 0 Å². The molecule has 0 spiro atoms. The normalized spacial score (nSPS) is 16.7. The number of amides is 1. The van der Waals surface area contributed by atoms with E-state index in [0.717, 1.165) is 44.5 Å². The quantitative estimate of drug-likeness (QED) is 0.788. The van der Waals surface area contributed by atoms with Gasteiger partial charge in [0.2, 0.25) is 0 Å². The molecule has 28 heavy (non-hydrogen) atoms. The van der Waals surface area contributed by atoms with Gasteiger partial charge in [-0.05, 0) is 56.7 Å². The number of piperidine rings is 1. The van der Waals surface area contributed by atoms with Gasteiger partial charge >= 0.3 is 0 Å². The fourth-order valence-electron chi connectivity index (χ4n) is 3.77. The Balaban J connectivity index is 1.66. The van der Waals surface area contributed by atoms with Gasteiger partial charge in [0.05, 0.1) is 7.11 Å². The van der Waals surface area contributed by atoms with Gasteiger partial charge in [0.25, 0.3) is 5.91 Å². The van der Waals surface area contributed by atoms with Crippen molar-refractivity contribution in [1.82, 2.24) is 14.9 Å². The minimum absolute atomic E-state index is 0.0212. The van der Waals surface area contributed by atoms with Crippen molar-refractivity contribution in [2.45, 2.75) is 52.0 Å². The zero-order valence-electron chi connectivity index (χ0n) is 17.1. The molecule has 150 valence electrons. The highest BCUT2D eigenvalue weighted by molar-refractivity contribution is 5.93. The second-order valence-electron chi connectivity index (χ2n) is 7.27. The number of ether oxygens (including phenoxy) is 1. The van der Waals surface area contributed by atoms with Crippen molar-refractivity contribution < 1.29 is 9.53 Å². The van der Waals surface area contributed by atoms with Crippen LogP contribution in [0.1, 0.15) is 54.5 Å². The predicted molar refractivity (Wildman–Crippen MR) is 111 cm³/mol. The van der Waals surface area contributed by atoms with Crippen LogP contribution in [0.3, 0.4) is 0 Å². The number of nitrogens with one attached hydrogen (secondary N) is 1. The first-order valence-corrected chi connectivity index (χ1v) is 10.1. The molecule has 3 rings (SSSR count). The van der Waals surface area contributed by atoms with E-state index in [1.54, 1.807) is 13.2 Å². The molecule has 6 heteroatoms. The van der Waals surface area contributed by atoms with Crippen LogP contribution in [0.25, 0.3) is 0 Å². The number of carbonyl (C=O) groups is 1. The molecule has 2 heterocycles. The third-order valence-corrected chi connectivity index (χ3v) is 5.27. The molecule has 0 aliphatic carbocycles. The van der Waals surface area contributed by atoms with Crippen LogP contribution in [0.5, 0.6) is 5.75 Å². The van der Waals surface area contributed by atoms with Crippen LogP contribution in [0.4, 0.5) is 5.82 Å². The second-order valence-corrected chi connectivity index (χ2v) is 7.27. The molecule has 1 amide bonds. The van der Waals surface area contributed by atoms with E-state index < -0.39 is 0 Å². The average molecular weight is 383 g/mol. The molecule has 1 fully saturated rings. The van der Waals surface area contributed by atoms with Gasteiger partial charge in [0, 0.05) is 25.2 Å². The lowest BCUT2D eigenvalue weighted by Crippen LogP contribution is -2.43. The monoisotopic (exact) mass is 382 g/mol. The number of hydrogen-bond acceptors (Lipinski definition) is 5. The zero-order valence-corrected chi connectivity index (χ0v) is 17.1. The van der Waals surface area contributed by atoms with E-state index >= 15 is 0 Å². The fourth-order valence-corrected chi connectivity index (χ4v) is 3.77. The predicted octanol–water partition coefficient (Wildman–Crippen LogP) is 3.85. The SMILES string of the molecule is CCC1CCCCN1C(=O)c1cc(NCCc2cccc(OC)c2)nc(C)n1. The number of hydrogen-bond donors (Lipinski definition) is 1. The summed E-state index contributed by atoms with van der Waals surface area (Å²) in [6, 6.07) is 10.1. The maximum atomic E-state index is 13.0. The minimum atomic E-state index is 0.0212. The summed E-state index contributed by atoms with van der Waals surface area (Å²) < 4.78 is 5.27. The molecule has 0 radical (unpaired) electrons. The number of rotatable bonds is 7. The van der Waals surface area contributed by atoms with E-state index in [9.17, 15) is 4.79 Å². The Labute approximate surface area is 167 Å². The van der Waals surface area contributed by atoms with Gasteiger partial charge < -0.3 is 15.0 Å². The number of aryl methyl sites for hydroxylation is 1. The number of anilines is 1. The molecule has 0 bridgehead atoms. The number of aromatic nitrogens is 2. The van der Waals surface area contributed by atoms with Crippen LogP contribution < -0.4 is 10.1 Å². The van der Waals surface area contributed by atoms with Crippen molar-refractivity contribution in [3.05, 3.63) is 47.4 Å². The van der Waals surface area contributed by atoms with Crippen molar-refractivity contribution in [1.29, 1.82) is 0 Å². The Kier molecular flexibility index (Phi) is 6.85. The Morgan fingerprint density at radius 2 is 2.14 bits per heavy atom. The molecule has 0 saturated carbocycles. The van der Waals surface area contributed by atoms with Crippen molar-refractivity contribution >= 4 is 11.7 Å². The van der Waals surface area contributed by atoms with Crippen LogP contribution in [-0.4, -0.2) is 47.0 Å². The Hall–Kier alpha value is -2.63. The fraction of sp³-hybridized carbons (Fsp3) is 0.500. The molecule has 1 atom stereocenters. The van der Waals surface area contributed by atoms with Gasteiger partial charge in [-0.2, -0.15) is 0 Å². The molecule has 2 aromatic rings. The Morgan fingerprint density at radius 1 is 1.29 bits per heavy atom. The van der Waals surface area contributed by atoms with Crippen LogP contribution in [-0.2, 0) is 6.42 Å². The maximum absolute atomic E-state index is 13.0. The van der Waals surface area contributed by atoms with Crippen molar-refractivity contribution in [3.63, 3.8) is 0 Å². The van der Waals surface area contributed by atoms with Crippen molar-refractivity contribution in [2.24, 2.45) is 0 Å². The highest BCUT2D eigenvalue weighted by atomic mass is 16.5. The van der Waals surface area contributed by atoms with E-state index in [2.05, 4.69) is 28.3 Å². The van der Waals surface area contributed by atoms with Gasteiger partial charge in [-0.15, -0.1) is 0 Å². The van der Waals surface area contributed by atoms with E-state index in [-0.39, 0.29) is 5.91 Å². The first kappa shape index (κ1) is 20.1. The van der Waals surface area contributed by atoms with Gasteiger partial charge in [-0.25, -0.2) is 9.97 Å². The van der Waals surface area contributed by atoms with E-state index in [0.29, 0.717) is 23.4 Å². The molecular weight excluding hydrogens is 352 g/mol. The zero-order chi connectivity index (χ0) is 19.9. The van der Waals surface area contributed by atoms with E-state index in [1.165, 1.54) is 12.0 Å². The van der Waals surface area contributed by atoms with Gasteiger partial charge in [0.1, 0.15) is 23.1 Å². The van der Waals surface area contributed by atoms with Crippen LogP contribution in [0, 0.1) is 6.92 Å². The van der Waals surface area contributed by atoms with Crippen LogP contribution in [0.2, 0.25) is 0 Å². The average Bonchev–Trinajstić information content (AvgIpc) is 2.73. The van der Waals surface area contributed by atoms with Gasteiger partial charge in [-0.1, -0.05) is 19.1 Å². The lowest BCUT2D eigenvalue weighted by Gasteiger charge is -2.35. The molecule has 1 aliphatic heterocycles. The molecule has 1 N–H and O–H groups in total. The smallest absolute Gasteiger partial charge is 0.272 e. The molecule has 1 unspecified atom stereocenters. The molecular formula is C22H30N4O2. The van der Waals surface area contributed by atoms with Crippen molar-refractivity contribution in [2.75, 3.05) is 25.5 Å². The summed E-state index contributed by atoms with van der Waals surface area (Å²) in [7, 11) is 1.67. The van der Waals surface area contributed by atoms with Crippen molar-refractivity contribution in [3.8, 4) is 5.75 Å². The largest absolute Gasteiger partial charge is 0.497 e. The molecule has 1 aliphatic rings. The minimum Gasteiger partial charge on any atom is -0.497 e. The highest BCUT2D eigenvalue weighted by Gasteiger charge is 2.27. The first-order chi connectivity index (χ1) is 13.6. The Morgan fingerprint density at radius 3 is 2.93 bits per heavy atom. The standard InChI is InChI=1S/C22H30N4O2/c1-4-18-9-5-6-13-26(18)22(27)20-15-21(25-16(2)24-20)23-12-11-17-8-7-10-19(14-17)28-3/h7-8,10,14-15,18H,4-6,9,11-13H2,1-3H3,(H,23,24,25). The Bertz CT molecular complexity index is 809. The summed E-state index contributed by atoms with van der Waals surface area (Å²) in [6.07, 6.45) is 5.17. The van der Waals surface area contributed by atoms with Gasteiger partial charge in [-0.3, -0.25) is 4.79 Å². The third kappa shape index (κ3) is 5.00. The highest BCUT2D eigenvalue weighted by Crippen LogP contribution is 2.22. The first-order valence-electron chi connectivity index (χ1n) is 10.1. The summed E-state index contributed by atoms with van der Waals surface area (Å²) in [5.74, 6) is 2.19. The summed E-state index contributed by atoms with van der Waals surface area (Å²) in [5.41, 5.74) is 1.67. The number of benzene rings is 1. The molecule has 1 aromatic carbocycles. The number of methoxy groups -OCH3 is 1. The van der Waals surface area contributed by atoms with E-state index in [4.69, 9.17) is 4.74 Å². The second kappa shape index (κ2) is 9.53. The molecule has 6 nitrogen and oxygen atoms in total. The lowest BCUT2D eigenvalue weighted by molar-refractivity contribution is 0.0601. The molecule has 1 saturated heterocycles. The third-order valence-electron chi connectivity index (χ3n) is 5.27. The van der Waals surface area contributed by atoms with Gasteiger partial charge in [0.15, 0.2) is 0 Å². The summed E-state index contributed by atoms with van der Waals surface area (Å²) in [4.78, 5) is 23.9. The lowest BCUT2D eigenvalue weighted by atomic mass is 9.99.